The molecule has 1 aromatic heterocycles. The van der Waals surface area contributed by atoms with Crippen LogP contribution in [0.3, 0.4) is 0 Å². The van der Waals surface area contributed by atoms with Gasteiger partial charge in [-0.05, 0) is 37.7 Å². The minimum Gasteiger partial charge on any atom is -0.393 e. The Kier molecular flexibility index (Phi) is 3.99. The zero-order valence-electron chi connectivity index (χ0n) is 10.1. The van der Waals surface area contributed by atoms with Crippen LogP contribution in [0.25, 0.3) is 0 Å². The Labute approximate surface area is 97.5 Å². The van der Waals surface area contributed by atoms with Crippen LogP contribution >= 0.6 is 0 Å². The highest BCUT2D eigenvalue weighted by atomic mass is 16.3. The molecule has 0 spiro atoms. The number of hydrogen-bond donors (Lipinski definition) is 1. The number of aryl methyl sites for hydroxylation is 2. The van der Waals surface area contributed by atoms with Gasteiger partial charge in [-0.2, -0.15) is 5.10 Å². The van der Waals surface area contributed by atoms with Crippen molar-refractivity contribution < 1.29 is 5.11 Å². The van der Waals surface area contributed by atoms with Crippen LogP contribution in [-0.2, 0) is 13.5 Å². The number of hydrogen-bond acceptors (Lipinski definition) is 2. The summed E-state index contributed by atoms with van der Waals surface area (Å²) in [5, 5.41) is 14.2. The average Bonchev–Trinajstić information content (AvgIpc) is 2.56. The number of rotatable bonds is 3. The summed E-state index contributed by atoms with van der Waals surface area (Å²) in [4.78, 5) is 0. The molecule has 1 fully saturated rings. The first-order chi connectivity index (χ1) is 7.77. The lowest BCUT2D eigenvalue weighted by Gasteiger charge is -2.19. The quantitative estimate of drug-likeness (QED) is 0.797. The molecule has 3 nitrogen and oxygen atoms in total. The van der Waals surface area contributed by atoms with E-state index >= 15 is 0 Å². The van der Waals surface area contributed by atoms with Gasteiger partial charge in [0.2, 0.25) is 0 Å². The predicted molar refractivity (Wildman–Crippen MR) is 64.1 cm³/mol. The molecule has 1 N–H and O–H groups in total. The summed E-state index contributed by atoms with van der Waals surface area (Å²) >= 11 is 0. The maximum absolute atomic E-state index is 10.0. The van der Waals surface area contributed by atoms with Crippen molar-refractivity contribution in [2.75, 3.05) is 0 Å². The van der Waals surface area contributed by atoms with Gasteiger partial charge in [-0.1, -0.05) is 19.3 Å². The lowest BCUT2D eigenvalue weighted by Crippen LogP contribution is -2.19. The molecule has 1 aliphatic rings. The molecule has 0 saturated heterocycles. The first-order valence-electron chi connectivity index (χ1n) is 6.42. The van der Waals surface area contributed by atoms with Gasteiger partial charge in [0.15, 0.2) is 0 Å². The Morgan fingerprint density at radius 3 is 2.94 bits per heavy atom. The number of nitrogens with zero attached hydrogens (tertiary/aromatic N) is 2. The molecule has 1 aromatic rings. The Hall–Kier alpha value is -0.830. The van der Waals surface area contributed by atoms with Gasteiger partial charge in [-0.15, -0.1) is 0 Å². The molecule has 0 aliphatic heterocycles. The van der Waals surface area contributed by atoms with Gasteiger partial charge >= 0.3 is 0 Å². The van der Waals surface area contributed by atoms with Gasteiger partial charge in [0.1, 0.15) is 0 Å². The Bertz CT molecular complexity index is 321. The average molecular weight is 222 g/mol. The third kappa shape index (κ3) is 2.85. The van der Waals surface area contributed by atoms with Crippen molar-refractivity contribution in [3.05, 3.63) is 18.0 Å². The van der Waals surface area contributed by atoms with Crippen molar-refractivity contribution in [1.29, 1.82) is 0 Å². The molecule has 1 aliphatic carbocycles. The maximum atomic E-state index is 10.0. The van der Waals surface area contributed by atoms with E-state index in [1.54, 1.807) is 0 Å². The summed E-state index contributed by atoms with van der Waals surface area (Å²) in [7, 11) is 1.98. The third-order valence-electron chi connectivity index (χ3n) is 3.81. The smallest absolute Gasteiger partial charge is 0.0568 e. The maximum Gasteiger partial charge on any atom is 0.0568 e. The van der Waals surface area contributed by atoms with Gasteiger partial charge < -0.3 is 5.11 Å². The van der Waals surface area contributed by atoms with Crippen molar-refractivity contribution in [3.63, 3.8) is 0 Å². The standard InChI is InChI=1S/C13H22N2O/c1-15-12(9-10-14-15)8-7-11-5-3-2-4-6-13(11)16/h9-11,13,16H,2-8H2,1H3. The molecule has 0 radical (unpaired) electrons. The van der Waals surface area contributed by atoms with Crippen molar-refractivity contribution in [2.24, 2.45) is 13.0 Å². The van der Waals surface area contributed by atoms with Gasteiger partial charge in [0.05, 0.1) is 6.10 Å². The molecule has 0 bridgehead atoms. The number of aliphatic hydroxyl groups excluding tert-OH is 1. The number of aliphatic hydroxyl groups is 1. The Morgan fingerprint density at radius 1 is 1.38 bits per heavy atom. The fourth-order valence-corrected chi connectivity index (χ4v) is 2.68. The largest absolute Gasteiger partial charge is 0.393 e. The van der Waals surface area contributed by atoms with Crippen LogP contribution in [0.1, 0.15) is 44.2 Å². The fourth-order valence-electron chi connectivity index (χ4n) is 2.68. The van der Waals surface area contributed by atoms with E-state index in [1.165, 1.54) is 31.4 Å². The summed E-state index contributed by atoms with van der Waals surface area (Å²) in [6, 6.07) is 2.07. The summed E-state index contributed by atoms with van der Waals surface area (Å²) in [5.74, 6) is 0.498. The molecule has 2 rings (SSSR count). The van der Waals surface area contributed by atoms with Crippen LogP contribution < -0.4 is 0 Å². The van der Waals surface area contributed by atoms with Crippen molar-refractivity contribution in [3.8, 4) is 0 Å². The highest BCUT2D eigenvalue weighted by molar-refractivity contribution is 5.00. The first-order valence-corrected chi connectivity index (χ1v) is 6.42. The summed E-state index contributed by atoms with van der Waals surface area (Å²) < 4.78 is 1.93. The van der Waals surface area contributed by atoms with Gasteiger partial charge in [0.25, 0.3) is 0 Å². The summed E-state index contributed by atoms with van der Waals surface area (Å²) in [6.07, 6.45) is 9.87. The first kappa shape index (κ1) is 11.6. The molecular weight excluding hydrogens is 200 g/mol. The van der Waals surface area contributed by atoms with Crippen LogP contribution in [0.4, 0.5) is 0 Å². The SMILES string of the molecule is Cn1nccc1CCC1CCCCCC1O. The predicted octanol–water partition coefficient (Wildman–Crippen LogP) is 2.29. The van der Waals surface area contributed by atoms with Crippen molar-refractivity contribution in [1.82, 2.24) is 9.78 Å². The molecule has 0 aromatic carbocycles. The topological polar surface area (TPSA) is 38.0 Å². The molecular formula is C13H22N2O. The Morgan fingerprint density at radius 2 is 2.19 bits per heavy atom. The zero-order valence-corrected chi connectivity index (χ0v) is 10.1. The molecule has 1 saturated carbocycles. The van der Waals surface area contributed by atoms with Gasteiger partial charge in [-0.3, -0.25) is 4.68 Å². The van der Waals surface area contributed by atoms with Crippen LogP contribution in [0.5, 0.6) is 0 Å². The highest BCUT2D eigenvalue weighted by Crippen LogP contribution is 2.27. The van der Waals surface area contributed by atoms with E-state index in [4.69, 9.17) is 0 Å². The molecule has 1 heterocycles. The monoisotopic (exact) mass is 222 g/mol. The van der Waals surface area contributed by atoms with E-state index in [-0.39, 0.29) is 6.10 Å². The molecule has 3 heteroatoms. The van der Waals surface area contributed by atoms with Gasteiger partial charge in [0, 0.05) is 18.9 Å². The van der Waals surface area contributed by atoms with Crippen LogP contribution in [0.15, 0.2) is 12.3 Å². The van der Waals surface area contributed by atoms with Crippen LogP contribution in [0, 0.1) is 5.92 Å². The molecule has 2 unspecified atom stereocenters. The second-order valence-corrected chi connectivity index (χ2v) is 4.95. The van der Waals surface area contributed by atoms with Crippen molar-refractivity contribution >= 4 is 0 Å². The van der Waals surface area contributed by atoms with E-state index in [1.807, 2.05) is 17.9 Å². The van der Waals surface area contributed by atoms with Crippen LogP contribution in [0.2, 0.25) is 0 Å². The molecule has 16 heavy (non-hydrogen) atoms. The second-order valence-electron chi connectivity index (χ2n) is 4.95. The molecule has 90 valence electrons. The highest BCUT2D eigenvalue weighted by Gasteiger charge is 2.21. The number of aromatic nitrogens is 2. The van der Waals surface area contributed by atoms with Crippen LogP contribution in [-0.4, -0.2) is 21.0 Å². The minimum absolute atomic E-state index is 0.0734. The van der Waals surface area contributed by atoms with Gasteiger partial charge in [-0.25, -0.2) is 0 Å². The zero-order chi connectivity index (χ0) is 11.4. The summed E-state index contributed by atoms with van der Waals surface area (Å²) in [5.41, 5.74) is 1.27. The van der Waals surface area contributed by atoms with E-state index < -0.39 is 0 Å². The minimum atomic E-state index is -0.0734. The lowest BCUT2D eigenvalue weighted by atomic mass is 9.92. The summed E-state index contributed by atoms with van der Waals surface area (Å²) in [6.45, 7) is 0. The Balaban J connectivity index is 1.86. The van der Waals surface area contributed by atoms with E-state index in [2.05, 4.69) is 11.2 Å². The second kappa shape index (κ2) is 5.48. The third-order valence-corrected chi connectivity index (χ3v) is 3.81. The molecule has 0 amide bonds. The normalized spacial score (nSPS) is 26.6. The van der Waals surface area contributed by atoms with Crippen molar-refractivity contribution in [2.45, 2.75) is 51.0 Å². The van der Waals surface area contributed by atoms with E-state index in [0.717, 1.165) is 19.3 Å². The van der Waals surface area contributed by atoms with E-state index in [0.29, 0.717) is 5.92 Å². The fraction of sp³-hybridized carbons (Fsp3) is 0.769. The lowest BCUT2D eigenvalue weighted by molar-refractivity contribution is 0.0957. The van der Waals surface area contributed by atoms with E-state index in [9.17, 15) is 5.11 Å². The molecule has 2 atom stereocenters.